The van der Waals surface area contributed by atoms with E-state index in [1.54, 1.807) is 0 Å². The summed E-state index contributed by atoms with van der Waals surface area (Å²) in [5.74, 6) is -0.200. The van der Waals surface area contributed by atoms with E-state index in [0.717, 1.165) is 77.0 Å². The zero-order valence-electron chi connectivity index (χ0n) is 35.9. The lowest BCUT2D eigenvalue weighted by molar-refractivity contribution is -0.304. The van der Waals surface area contributed by atoms with E-state index < -0.39 is 0 Å². The summed E-state index contributed by atoms with van der Waals surface area (Å²) in [5.41, 5.74) is -0.968. The monoisotopic (exact) mass is 737 g/mol. The molecule has 2 atom stereocenters. The van der Waals surface area contributed by atoms with E-state index in [-0.39, 0.29) is 46.3 Å². The first-order chi connectivity index (χ1) is 24.6. The first-order valence-corrected chi connectivity index (χ1v) is 21.8. The average Bonchev–Trinajstić information content (AvgIpc) is 3.06. The zero-order chi connectivity index (χ0) is 38.7. The van der Waals surface area contributed by atoms with E-state index in [1.165, 1.54) is 64.2 Å². The molecular formula is C44H84N2O6. The summed E-state index contributed by atoms with van der Waals surface area (Å²) < 4.78 is 12.2. The third-order valence-electron chi connectivity index (χ3n) is 11.8. The Labute approximate surface area is 321 Å². The molecule has 0 spiro atoms. The minimum Gasteiger partial charge on any atom is -0.460 e. The van der Waals surface area contributed by atoms with Crippen molar-refractivity contribution in [1.29, 1.82) is 0 Å². The molecule has 306 valence electrons. The molecule has 0 aromatic carbocycles. The molecule has 0 aromatic heterocycles. The number of carbonyl (C=O) groups is 2. The van der Waals surface area contributed by atoms with Gasteiger partial charge in [-0.05, 0) is 107 Å². The van der Waals surface area contributed by atoms with Gasteiger partial charge in [-0.15, -0.1) is 0 Å². The highest BCUT2D eigenvalue weighted by Gasteiger charge is 2.51. The molecule has 2 aliphatic heterocycles. The van der Waals surface area contributed by atoms with Crippen molar-refractivity contribution >= 4 is 11.9 Å². The van der Waals surface area contributed by atoms with Crippen LogP contribution in [0.3, 0.4) is 0 Å². The summed E-state index contributed by atoms with van der Waals surface area (Å²) in [5, 5.41) is 4.25. The third kappa shape index (κ3) is 15.9. The van der Waals surface area contributed by atoms with Crippen LogP contribution in [0.1, 0.15) is 223 Å². The molecule has 2 rings (SSSR count). The molecule has 2 aliphatic rings. The van der Waals surface area contributed by atoms with Gasteiger partial charge in [-0.25, -0.2) is 0 Å². The number of hydroxylamine groups is 4. The van der Waals surface area contributed by atoms with E-state index in [2.05, 4.69) is 79.4 Å². The molecule has 2 unspecified atom stereocenters. The van der Waals surface area contributed by atoms with Crippen LogP contribution < -0.4 is 0 Å². The molecule has 8 heteroatoms. The molecule has 0 bridgehead atoms. The van der Waals surface area contributed by atoms with E-state index in [0.29, 0.717) is 26.1 Å². The van der Waals surface area contributed by atoms with Crippen molar-refractivity contribution in [1.82, 2.24) is 10.1 Å². The lowest BCUT2D eigenvalue weighted by Crippen LogP contribution is -2.65. The fourth-order valence-corrected chi connectivity index (χ4v) is 8.55. The van der Waals surface area contributed by atoms with Gasteiger partial charge < -0.3 is 9.47 Å². The maximum atomic E-state index is 12.9. The van der Waals surface area contributed by atoms with Crippen molar-refractivity contribution in [3.8, 4) is 0 Å². The Kier molecular flexibility index (Phi) is 21.3. The van der Waals surface area contributed by atoms with Crippen LogP contribution in [0.4, 0.5) is 0 Å². The quantitative estimate of drug-likeness (QED) is 0.0609. The van der Waals surface area contributed by atoms with Crippen LogP contribution in [0.2, 0.25) is 0 Å². The second-order valence-corrected chi connectivity index (χ2v) is 18.4. The van der Waals surface area contributed by atoms with Gasteiger partial charge in [0.25, 0.3) is 0 Å². The van der Waals surface area contributed by atoms with Gasteiger partial charge in [0.2, 0.25) is 0 Å². The number of nitrogens with zero attached hydrogens (tertiary/aromatic N) is 2. The van der Waals surface area contributed by atoms with Gasteiger partial charge in [0.05, 0.1) is 24.3 Å². The number of hydrogen-bond acceptors (Lipinski definition) is 8. The van der Waals surface area contributed by atoms with Crippen molar-refractivity contribution < 1.29 is 28.7 Å². The first-order valence-electron chi connectivity index (χ1n) is 21.8. The molecule has 2 heterocycles. The SMILES string of the molecule is CCCCCCCCON1C(C)(C)CCC(OC(=O)CCCCCCCCC(=O)OC2CCC(C)(C)N(OCCCCCCCC)C2(C)C)C1(C)C. The predicted octanol–water partition coefficient (Wildman–Crippen LogP) is 11.8. The summed E-state index contributed by atoms with van der Waals surface area (Å²) >= 11 is 0. The number of rotatable bonds is 27. The van der Waals surface area contributed by atoms with Crippen LogP contribution in [0.25, 0.3) is 0 Å². The van der Waals surface area contributed by atoms with E-state index >= 15 is 0 Å². The first kappa shape index (κ1) is 46.9. The Morgan fingerprint density at radius 2 is 0.788 bits per heavy atom. The maximum Gasteiger partial charge on any atom is 0.306 e. The summed E-state index contributed by atoms with van der Waals surface area (Å²) in [7, 11) is 0. The highest BCUT2D eigenvalue weighted by atomic mass is 16.7. The number of carbonyl (C=O) groups excluding carboxylic acids is 2. The summed E-state index contributed by atoms with van der Waals surface area (Å²) in [6.07, 6.45) is 24.7. The zero-order valence-corrected chi connectivity index (χ0v) is 35.9. The Balaban J connectivity index is 1.63. The molecule has 0 radical (unpaired) electrons. The molecule has 0 saturated carbocycles. The molecule has 2 saturated heterocycles. The molecule has 52 heavy (non-hydrogen) atoms. The predicted molar refractivity (Wildman–Crippen MR) is 214 cm³/mol. The van der Waals surface area contributed by atoms with Crippen LogP contribution in [0.5, 0.6) is 0 Å². The number of unbranched alkanes of at least 4 members (excludes halogenated alkanes) is 15. The second-order valence-electron chi connectivity index (χ2n) is 18.4. The van der Waals surface area contributed by atoms with Gasteiger partial charge in [0.15, 0.2) is 0 Å². The molecule has 8 nitrogen and oxygen atoms in total. The fourth-order valence-electron chi connectivity index (χ4n) is 8.55. The highest BCUT2D eigenvalue weighted by molar-refractivity contribution is 5.70. The highest BCUT2D eigenvalue weighted by Crippen LogP contribution is 2.41. The summed E-state index contributed by atoms with van der Waals surface area (Å²) in [6.45, 7) is 23.5. The summed E-state index contributed by atoms with van der Waals surface area (Å²) in [6, 6.07) is 0. The van der Waals surface area contributed by atoms with Crippen LogP contribution >= 0.6 is 0 Å². The van der Waals surface area contributed by atoms with Gasteiger partial charge in [0, 0.05) is 23.9 Å². The Bertz CT molecular complexity index is 917. The number of hydrogen-bond donors (Lipinski definition) is 0. The van der Waals surface area contributed by atoms with Gasteiger partial charge in [0.1, 0.15) is 12.2 Å². The Morgan fingerprint density at radius 1 is 0.481 bits per heavy atom. The average molecular weight is 737 g/mol. The Hall–Kier alpha value is -1.22. The molecule has 2 fully saturated rings. The van der Waals surface area contributed by atoms with E-state index in [4.69, 9.17) is 19.1 Å². The Morgan fingerprint density at radius 3 is 1.13 bits per heavy atom. The van der Waals surface area contributed by atoms with Gasteiger partial charge in [-0.3, -0.25) is 19.3 Å². The minimum atomic E-state index is -0.384. The van der Waals surface area contributed by atoms with E-state index in [1.807, 2.05) is 0 Å². The molecular weight excluding hydrogens is 652 g/mol. The van der Waals surface area contributed by atoms with Crippen molar-refractivity contribution in [2.24, 2.45) is 0 Å². The molecule has 0 aromatic rings. The lowest BCUT2D eigenvalue weighted by Gasteiger charge is -2.54. The topological polar surface area (TPSA) is 77.5 Å². The van der Waals surface area contributed by atoms with Gasteiger partial charge >= 0.3 is 11.9 Å². The van der Waals surface area contributed by atoms with Crippen LogP contribution in [-0.2, 0) is 28.7 Å². The van der Waals surface area contributed by atoms with Crippen molar-refractivity contribution in [3.63, 3.8) is 0 Å². The second kappa shape index (κ2) is 23.6. The molecule has 0 N–H and O–H groups in total. The van der Waals surface area contributed by atoms with Crippen molar-refractivity contribution in [2.45, 2.75) is 258 Å². The maximum absolute atomic E-state index is 12.9. The normalized spacial score (nSPS) is 22.7. The number of ether oxygens (including phenoxy) is 2. The minimum absolute atomic E-state index is 0.0993. The lowest BCUT2D eigenvalue weighted by atomic mass is 9.79. The molecule has 0 amide bonds. The summed E-state index contributed by atoms with van der Waals surface area (Å²) in [4.78, 5) is 38.6. The third-order valence-corrected chi connectivity index (χ3v) is 11.8. The van der Waals surface area contributed by atoms with Gasteiger partial charge in [-0.1, -0.05) is 104 Å². The van der Waals surface area contributed by atoms with Crippen LogP contribution in [0.15, 0.2) is 0 Å². The van der Waals surface area contributed by atoms with Gasteiger partial charge in [-0.2, -0.15) is 10.1 Å². The molecule has 0 aliphatic carbocycles. The largest absolute Gasteiger partial charge is 0.460 e. The van der Waals surface area contributed by atoms with Crippen molar-refractivity contribution in [2.75, 3.05) is 13.2 Å². The van der Waals surface area contributed by atoms with Crippen LogP contribution in [0, 0.1) is 0 Å². The smallest absolute Gasteiger partial charge is 0.306 e. The van der Waals surface area contributed by atoms with E-state index in [9.17, 15) is 9.59 Å². The number of piperidine rings is 2. The van der Waals surface area contributed by atoms with Crippen LogP contribution in [-0.4, -0.2) is 69.6 Å². The standard InChI is InChI=1S/C44H84N2O6/c1-11-13-15-17-23-27-35-49-45-41(3,4)33-31-37(43(45,7)8)51-39(47)29-25-21-19-20-22-26-30-40(48)52-38-32-34-42(5,6)46(44(38,9)10)50-36-28-24-18-16-14-12-2/h37-38H,11-36H2,1-10H3. The van der Waals surface area contributed by atoms with Crippen molar-refractivity contribution in [3.05, 3.63) is 0 Å². The number of esters is 2. The fraction of sp³-hybridized carbons (Fsp3) is 0.955.